The van der Waals surface area contributed by atoms with Crippen LogP contribution < -0.4 is 15.2 Å². The number of rotatable bonds is 5. The molecule has 0 radical (unpaired) electrons. The van der Waals surface area contributed by atoms with Crippen molar-refractivity contribution in [2.24, 2.45) is 29.1 Å². The summed E-state index contributed by atoms with van der Waals surface area (Å²) in [6, 6.07) is 7.12. The van der Waals surface area contributed by atoms with Crippen molar-refractivity contribution in [2.75, 3.05) is 11.9 Å². The molecule has 4 atom stereocenters. The second-order valence-electron chi connectivity index (χ2n) is 6.99. The summed E-state index contributed by atoms with van der Waals surface area (Å²) in [5, 5.41) is 14.5. The second-order valence-corrected chi connectivity index (χ2v) is 6.99. The topological polar surface area (TPSA) is 78.5 Å². The molecule has 0 aliphatic heterocycles. The molecule has 5 heteroatoms. The minimum absolute atomic E-state index is 0.00552. The van der Waals surface area contributed by atoms with Crippen LogP contribution in [0.5, 0.6) is 5.75 Å². The highest BCUT2D eigenvalue weighted by atomic mass is 16.5. The van der Waals surface area contributed by atoms with Gasteiger partial charge in [0.2, 0.25) is 5.91 Å². The van der Waals surface area contributed by atoms with Crippen molar-refractivity contribution in [1.82, 2.24) is 0 Å². The molecule has 24 heavy (non-hydrogen) atoms. The Bertz CT molecular complexity index is 705. The molecule has 1 N–H and O–H groups in total. The van der Waals surface area contributed by atoms with E-state index in [2.05, 4.69) is 5.32 Å². The standard InChI is InChI=1S/C19H21NO4/c1-2-24-12-5-3-11(4-6-12)20-17(21)15-13-7-8-14(16(15)18(22)23)19(13)9-10-19/h3-8,13-16H,2,9-10H2,1H3,(H,20,21)(H,22,23)/p-1/t13-,14+,15-,16+/m1/s1. The number of ether oxygens (including phenoxy) is 1. The molecule has 1 aromatic carbocycles. The Labute approximate surface area is 140 Å². The zero-order valence-corrected chi connectivity index (χ0v) is 13.5. The summed E-state index contributed by atoms with van der Waals surface area (Å²) in [6.45, 7) is 2.49. The van der Waals surface area contributed by atoms with Gasteiger partial charge >= 0.3 is 0 Å². The van der Waals surface area contributed by atoms with E-state index in [1.165, 1.54) is 0 Å². The van der Waals surface area contributed by atoms with Crippen LogP contribution in [0.3, 0.4) is 0 Å². The molecule has 1 amide bonds. The van der Waals surface area contributed by atoms with E-state index in [-0.39, 0.29) is 23.2 Å². The fraction of sp³-hybridized carbons (Fsp3) is 0.474. The number of carbonyl (C=O) groups excluding carboxylic acids is 2. The van der Waals surface area contributed by atoms with Gasteiger partial charge in [-0.25, -0.2) is 0 Å². The van der Waals surface area contributed by atoms with Gasteiger partial charge in [0.25, 0.3) is 0 Å². The average Bonchev–Trinajstić information content (AvgIpc) is 3.22. The smallest absolute Gasteiger partial charge is 0.228 e. The molecule has 0 aromatic heterocycles. The van der Waals surface area contributed by atoms with Gasteiger partial charge in [0.15, 0.2) is 0 Å². The molecule has 0 heterocycles. The van der Waals surface area contributed by atoms with Crippen LogP contribution in [0, 0.1) is 29.1 Å². The zero-order chi connectivity index (χ0) is 16.9. The van der Waals surface area contributed by atoms with Crippen molar-refractivity contribution in [2.45, 2.75) is 19.8 Å². The lowest BCUT2D eigenvalue weighted by atomic mass is 9.82. The third kappa shape index (κ3) is 2.14. The summed E-state index contributed by atoms with van der Waals surface area (Å²) in [7, 11) is 0. The fourth-order valence-corrected chi connectivity index (χ4v) is 4.70. The molecule has 0 saturated heterocycles. The Morgan fingerprint density at radius 3 is 2.33 bits per heavy atom. The number of carboxylic acids is 1. The second kappa shape index (κ2) is 5.36. The van der Waals surface area contributed by atoms with Gasteiger partial charge in [-0.3, -0.25) is 4.79 Å². The molecule has 4 rings (SSSR count). The van der Waals surface area contributed by atoms with E-state index in [1.54, 1.807) is 24.3 Å². The van der Waals surface area contributed by atoms with Crippen molar-refractivity contribution >= 4 is 17.6 Å². The third-order valence-electron chi connectivity index (χ3n) is 5.85. The maximum absolute atomic E-state index is 12.8. The van der Waals surface area contributed by atoms with Crippen LogP contribution >= 0.6 is 0 Å². The molecule has 1 aromatic rings. The van der Waals surface area contributed by atoms with E-state index >= 15 is 0 Å². The number of nitrogens with one attached hydrogen (secondary N) is 1. The van der Waals surface area contributed by atoms with E-state index < -0.39 is 17.8 Å². The van der Waals surface area contributed by atoms with E-state index in [0.717, 1.165) is 18.6 Å². The van der Waals surface area contributed by atoms with Crippen LogP contribution in [-0.2, 0) is 9.59 Å². The van der Waals surface area contributed by atoms with Crippen molar-refractivity contribution < 1.29 is 19.4 Å². The van der Waals surface area contributed by atoms with Crippen molar-refractivity contribution in [3.8, 4) is 5.75 Å². The molecule has 2 fully saturated rings. The third-order valence-corrected chi connectivity index (χ3v) is 5.85. The molecular formula is C19H20NO4-. The highest BCUT2D eigenvalue weighted by molar-refractivity contribution is 5.96. The summed E-state index contributed by atoms with van der Waals surface area (Å²) < 4.78 is 5.38. The normalized spacial score (nSPS) is 31.2. The molecule has 5 nitrogen and oxygen atoms in total. The Kier molecular flexibility index (Phi) is 3.41. The van der Waals surface area contributed by atoms with Crippen LogP contribution in [0.25, 0.3) is 0 Å². The van der Waals surface area contributed by atoms with Gasteiger partial charge in [-0.2, -0.15) is 0 Å². The minimum Gasteiger partial charge on any atom is -0.550 e. The first-order valence-corrected chi connectivity index (χ1v) is 8.50. The summed E-state index contributed by atoms with van der Waals surface area (Å²) in [6.07, 6.45) is 6.04. The maximum atomic E-state index is 12.8. The van der Waals surface area contributed by atoms with Gasteiger partial charge in [0, 0.05) is 17.6 Å². The number of hydrogen-bond donors (Lipinski definition) is 1. The van der Waals surface area contributed by atoms with Crippen LogP contribution in [0.4, 0.5) is 5.69 Å². The summed E-state index contributed by atoms with van der Waals surface area (Å²) in [4.78, 5) is 24.4. The van der Waals surface area contributed by atoms with Gasteiger partial charge in [-0.15, -0.1) is 0 Å². The Hall–Kier alpha value is -2.30. The van der Waals surface area contributed by atoms with Crippen LogP contribution in [0.15, 0.2) is 36.4 Å². The number of allylic oxidation sites excluding steroid dienone is 2. The van der Waals surface area contributed by atoms with Gasteiger partial charge in [0.05, 0.1) is 12.5 Å². The van der Waals surface area contributed by atoms with Crippen LogP contribution in [-0.4, -0.2) is 18.5 Å². The lowest BCUT2D eigenvalue weighted by Gasteiger charge is -2.27. The van der Waals surface area contributed by atoms with Crippen LogP contribution in [0.2, 0.25) is 0 Å². The molecular weight excluding hydrogens is 306 g/mol. The predicted molar refractivity (Wildman–Crippen MR) is 86.0 cm³/mol. The van der Waals surface area contributed by atoms with Gasteiger partial charge < -0.3 is 20.0 Å². The summed E-state index contributed by atoms with van der Waals surface area (Å²) in [5.74, 6) is -1.88. The Balaban J connectivity index is 1.53. The number of aliphatic carboxylic acids is 1. The molecule has 1 spiro atoms. The number of carboxylic acid groups (broad SMARTS) is 1. The first-order valence-electron chi connectivity index (χ1n) is 8.50. The van der Waals surface area contributed by atoms with Gasteiger partial charge in [-0.05, 0) is 61.3 Å². The number of benzene rings is 1. The van der Waals surface area contributed by atoms with Crippen LogP contribution in [0.1, 0.15) is 19.8 Å². The van der Waals surface area contributed by atoms with Gasteiger partial charge in [-0.1, -0.05) is 12.2 Å². The SMILES string of the molecule is CCOc1ccc(NC(=O)[C@H]2[C@@H](C(=O)[O-])[C@@H]3C=C[C@H]2C32CC2)cc1. The predicted octanol–water partition coefficient (Wildman–Crippen LogP) is 1.60. The van der Waals surface area contributed by atoms with Crippen molar-refractivity contribution in [3.63, 3.8) is 0 Å². The molecule has 2 saturated carbocycles. The molecule has 3 aliphatic carbocycles. The number of amides is 1. The zero-order valence-electron chi connectivity index (χ0n) is 13.5. The lowest BCUT2D eigenvalue weighted by molar-refractivity contribution is -0.313. The first-order chi connectivity index (χ1) is 11.6. The van der Waals surface area contributed by atoms with E-state index in [0.29, 0.717) is 12.3 Å². The Morgan fingerprint density at radius 2 is 1.79 bits per heavy atom. The first kappa shape index (κ1) is 15.2. The van der Waals surface area contributed by atoms with E-state index in [1.807, 2.05) is 19.1 Å². The van der Waals surface area contributed by atoms with E-state index in [9.17, 15) is 14.7 Å². The largest absolute Gasteiger partial charge is 0.550 e. The van der Waals surface area contributed by atoms with Gasteiger partial charge in [0.1, 0.15) is 5.75 Å². The van der Waals surface area contributed by atoms with E-state index in [4.69, 9.17) is 4.74 Å². The molecule has 2 bridgehead atoms. The monoisotopic (exact) mass is 326 g/mol. The molecule has 0 unspecified atom stereocenters. The lowest BCUT2D eigenvalue weighted by Crippen LogP contribution is -2.42. The molecule has 3 aliphatic rings. The number of carbonyl (C=O) groups is 2. The van der Waals surface area contributed by atoms with Crippen molar-refractivity contribution in [1.29, 1.82) is 0 Å². The Morgan fingerprint density at radius 1 is 1.17 bits per heavy atom. The average molecular weight is 326 g/mol. The minimum atomic E-state index is -1.11. The summed E-state index contributed by atoms with van der Waals surface area (Å²) in [5.41, 5.74) is 0.656. The highest BCUT2D eigenvalue weighted by Crippen LogP contribution is 2.71. The quantitative estimate of drug-likeness (QED) is 0.834. The summed E-state index contributed by atoms with van der Waals surface area (Å²) >= 11 is 0. The maximum Gasteiger partial charge on any atom is 0.228 e. The number of anilines is 1. The number of hydrogen-bond acceptors (Lipinski definition) is 4. The molecule has 126 valence electrons. The van der Waals surface area contributed by atoms with Crippen molar-refractivity contribution in [3.05, 3.63) is 36.4 Å². The highest BCUT2D eigenvalue weighted by Gasteiger charge is 2.68. The fourth-order valence-electron chi connectivity index (χ4n) is 4.70.